The van der Waals surface area contributed by atoms with Crippen molar-refractivity contribution in [3.05, 3.63) is 35.4 Å². The highest BCUT2D eigenvalue weighted by atomic mass is 16.5. The van der Waals surface area contributed by atoms with Gasteiger partial charge in [-0.3, -0.25) is 0 Å². The standard InChI is InChI=1S/C14H18O/c1-15-14-9-7-13(8-10-14)11-12-5-3-2-4-6-12/h7-11H,2-6H2,1H3. The first-order valence-electron chi connectivity index (χ1n) is 5.72. The Kier molecular flexibility index (Phi) is 3.44. The molecule has 1 fully saturated rings. The average molecular weight is 202 g/mol. The number of allylic oxidation sites excluding steroid dienone is 1. The van der Waals surface area contributed by atoms with E-state index in [4.69, 9.17) is 4.74 Å². The minimum atomic E-state index is 0.931. The maximum Gasteiger partial charge on any atom is 0.118 e. The van der Waals surface area contributed by atoms with Crippen molar-refractivity contribution in [1.29, 1.82) is 0 Å². The lowest BCUT2D eigenvalue weighted by atomic mass is 9.93. The van der Waals surface area contributed by atoms with E-state index in [1.54, 1.807) is 12.7 Å². The highest BCUT2D eigenvalue weighted by Crippen LogP contribution is 2.25. The first-order chi connectivity index (χ1) is 7.38. The first-order valence-corrected chi connectivity index (χ1v) is 5.72. The van der Waals surface area contributed by atoms with E-state index in [1.807, 2.05) is 12.1 Å². The molecule has 1 saturated carbocycles. The van der Waals surface area contributed by atoms with Gasteiger partial charge in [-0.25, -0.2) is 0 Å². The Morgan fingerprint density at radius 2 is 1.67 bits per heavy atom. The number of ether oxygens (including phenoxy) is 1. The van der Waals surface area contributed by atoms with Gasteiger partial charge in [0.1, 0.15) is 5.75 Å². The zero-order chi connectivity index (χ0) is 10.5. The van der Waals surface area contributed by atoms with Crippen molar-refractivity contribution < 1.29 is 4.74 Å². The molecule has 0 heterocycles. The van der Waals surface area contributed by atoms with Gasteiger partial charge in [0.2, 0.25) is 0 Å². The van der Waals surface area contributed by atoms with E-state index >= 15 is 0 Å². The summed E-state index contributed by atoms with van der Waals surface area (Å²) in [5.41, 5.74) is 2.90. The van der Waals surface area contributed by atoms with E-state index in [0.29, 0.717) is 0 Å². The predicted octanol–water partition coefficient (Wildman–Crippen LogP) is 4.04. The van der Waals surface area contributed by atoms with Gasteiger partial charge in [-0.1, -0.05) is 30.2 Å². The Balaban J connectivity index is 2.08. The summed E-state index contributed by atoms with van der Waals surface area (Å²) >= 11 is 0. The third-order valence-electron chi connectivity index (χ3n) is 2.98. The van der Waals surface area contributed by atoms with Gasteiger partial charge in [-0.05, 0) is 43.4 Å². The Hall–Kier alpha value is -1.24. The zero-order valence-corrected chi connectivity index (χ0v) is 9.33. The molecule has 1 nitrogen and oxygen atoms in total. The molecule has 15 heavy (non-hydrogen) atoms. The molecule has 0 spiro atoms. The normalized spacial score (nSPS) is 16.2. The van der Waals surface area contributed by atoms with Crippen molar-refractivity contribution in [1.82, 2.24) is 0 Å². The molecule has 1 aromatic rings. The van der Waals surface area contributed by atoms with Crippen LogP contribution in [0.1, 0.15) is 37.7 Å². The molecule has 0 bridgehead atoms. The first kappa shape index (κ1) is 10.3. The van der Waals surface area contributed by atoms with E-state index in [2.05, 4.69) is 18.2 Å². The fourth-order valence-electron chi connectivity index (χ4n) is 2.09. The lowest BCUT2D eigenvalue weighted by Gasteiger charge is -2.13. The van der Waals surface area contributed by atoms with Crippen LogP contribution in [-0.4, -0.2) is 7.11 Å². The smallest absolute Gasteiger partial charge is 0.118 e. The molecule has 0 N–H and O–H groups in total. The van der Waals surface area contributed by atoms with Gasteiger partial charge >= 0.3 is 0 Å². The number of rotatable bonds is 2. The number of benzene rings is 1. The lowest BCUT2D eigenvalue weighted by molar-refractivity contribution is 0.415. The van der Waals surface area contributed by atoms with Crippen molar-refractivity contribution in [3.8, 4) is 5.75 Å². The largest absolute Gasteiger partial charge is 0.497 e. The fourth-order valence-corrected chi connectivity index (χ4v) is 2.09. The van der Waals surface area contributed by atoms with Crippen LogP contribution < -0.4 is 4.74 Å². The second-order valence-electron chi connectivity index (χ2n) is 4.14. The predicted molar refractivity (Wildman–Crippen MR) is 64.1 cm³/mol. The van der Waals surface area contributed by atoms with Crippen LogP contribution in [0.4, 0.5) is 0 Å². The Labute approximate surface area is 91.8 Å². The minimum Gasteiger partial charge on any atom is -0.497 e. The Morgan fingerprint density at radius 3 is 2.27 bits per heavy atom. The molecule has 0 amide bonds. The van der Waals surface area contributed by atoms with Crippen molar-refractivity contribution in [3.63, 3.8) is 0 Å². The van der Waals surface area contributed by atoms with Gasteiger partial charge in [0.25, 0.3) is 0 Å². The summed E-state index contributed by atoms with van der Waals surface area (Å²) in [5.74, 6) is 0.931. The number of hydrogen-bond acceptors (Lipinski definition) is 1. The Bertz CT molecular complexity index is 327. The van der Waals surface area contributed by atoms with Crippen molar-refractivity contribution in [2.75, 3.05) is 7.11 Å². The van der Waals surface area contributed by atoms with Crippen LogP contribution in [0.25, 0.3) is 6.08 Å². The minimum absolute atomic E-state index is 0.931. The summed E-state index contributed by atoms with van der Waals surface area (Å²) < 4.78 is 5.14. The van der Waals surface area contributed by atoms with E-state index in [1.165, 1.54) is 37.7 Å². The number of methoxy groups -OCH3 is 1. The van der Waals surface area contributed by atoms with Crippen LogP contribution in [0, 0.1) is 0 Å². The molecule has 0 unspecified atom stereocenters. The molecule has 80 valence electrons. The van der Waals surface area contributed by atoms with Gasteiger partial charge in [0, 0.05) is 0 Å². The summed E-state index contributed by atoms with van der Waals surface area (Å²) in [4.78, 5) is 0. The molecule has 1 aliphatic rings. The summed E-state index contributed by atoms with van der Waals surface area (Å²) in [6.45, 7) is 0. The second kappa shape index (κ2) is 5.01. The van der Waals surface area contributed by atoms with Crippen LogP contribution in [0.3, 0.4) is 0 Å². The van der Waals surface area contributed by atoms with Gasteiger partial charge in [-0.15, -0.1) is 0 Å². The van der Waals surface area contributed by atoms with Crippen molar-refractivity contribution in [2.45, 2.75) is 32.1 Å². The molecule has 0 aliphatic heterocycles. The van der Waals surface area contributed by atoms with Gasteiger partial charge in [0.05, 0.1) is 7.11 Å². The molecule has 0 radical (unpaired) electrons. The van der Waals surface area contributed by atoms with Crippen LogP contribution >= 0.6 is 0 Å². The maximum atomic E-state index is 5.14. The van der Waals surface area contributed by atoms with Gasteiger partial charge in [0.15, 0.2) is 0 Å². The van der Waals surface area contributed by atoms with E-state index in [-0.39, 0.29) is 0 Å². The summed E-state index contributed by atoms with van der Waals surface area (Å²) in [6.07, 6.45) is 9.03. The summed E-state index contributed by atoms with van der Waals surface area (Å²) in [7, 11) is 1.70. The topological polar surface area (TPSA) is 9.23 Å². The third-order valence-corrected chi connectivity index (χ3v) is 2.98. The van der Waals surface area contributed by atoms with Gasteiger partial charge in [-0.2, -0.15) is 0 Å². The number of hydrogen-bond donors (Lipinski definition) is 0. The maximum absolute atomic E-state index is 5.14. The quantitative estimate of drug-likeness (QED) is 0.703. The molecule has 0 saturated heterocycles. The fraction of sp³-hybridized carbons (Fsp3) is 0.429. The summed E-state index contributed by atoms with van der Waals surface area (Å²) in [5, 5.41) is 0. The molecular formula is C14H18O. The van der Waals surface area contributed by atoms with E-state index < -0.39 is 0 Å². The summed E-state index contributed by atoms with van der Waals surface area (Å²) in [6, 6.07) is 8.30. The van der Waals surface area contributed by atoms with E-state index in [0.717, 1.165) is 5.75 Å². The zero-order valence-electron chi connectivity index (χ0n) is 9.33. The lowest BCUT2D eigenvalue weighted by Crippen LogP contribution is -1.93. The highest BCUT2D eigenvalue weighted by Gasteiger charge is 2.04. The third kappa shape index (κ3) is 2.85. The van der Waals surface area contributed by atoms with Gasteiger partial charge < -0.3 is 4.74 Å². The Morgan fingerprint density at radius 1 is 1.00 bits per heavy atom. The van der Waals surface area contributed by atoms with Crippen molar-refractivity contribution >= 4 is 6.08 Å². The average Bonchev–Trinajstić information content (AvgIpc) is 2.31. The molecular weight excluding hydrogens is 184 g/mol. The molecule has 1 aliphatic carbocycles. The molecule has 1 heteroatoms. The molecule has 2 rings (SSSR count). The van der Waals surface area contributed by atoms with Crippen LogP contribution in [-0.2, 0) is 0 Å². The van der Waals surface area contributed by atoms with Crippen LogP contribution in [0.15, 0.2) is 29.8 Å². The molecule has 1 aromatic carbocycles. The van der Waals surface area contributed by atoms with Crippen molar-refractivity contribution in [2.24, 2.45) is 0 Å². The molecule has 0 aromatic heterocycles. The SMILES string of the molecule is COc1ccc(C=C2CCCCC2)cc1. The highest BCUT2D eigenvalue weighted by molar-refractivity contribution is 5.54. The monoisotopic (exact) mass is 202 g/mol. The van der Waals surface area contributed by atoms with Crippen LogP contribution in [0.2, 0.25) is 0 Å². The second-order valence-corrected chi connectivity index (χ2v) is 4.14. The van der Waals surface area contributed by atoms with E-state index in [9.17, 15) is 0 Å². The molecule has 0 atom stereocenters. The van der Waals surface area contributed by atoms with Crippen LogP contribution in [0.5, 0.6) is 5.75 Å².